The quantitative estimate of drug-likeness (QED) is 0.0732. The molecule has 3 aromatic heterocycles. The van der Waals surface area contributed by atoms with Crippen molar-refractivity contribution in [2.45, 2.75) is 39.5 Å². The average Bonchev–Trinajstić information content (AvgIpc) is 3.81. The number of carbonyl (C=O) groups is 6. The number of unbranched alkanes of at least 4 members (excludes halogenated alkanes) is 1. The number of piperidine rings is 1. The number of ketones is 2. The predicted octanol–water partition coefficient (Wildman–Crippen LogP) is 3.22. The van der Waals surface area contributed by atoms with Crippen molar-refractivity contribution in [3.8, 4) is 28.1 Å². The lowest BCUT2D eigenvalue weighted by atomic mass is 9.82. The third-order valence-corrected chi connectivity index (χ3v) is 9.72. The summed E-state index contributed by atoms with van der Waals surface area (Å²) in [6.45, 7) is 4.10. The fourth-order valence-corrected chi connectivity index (χ4v) is 7.04. The van der Waals surface area contributed by atoms with Gasteiger partial charge in [-0.15, -0.1) is 0 Å². The molecule has 4 heterocycles. The Morgan fingerprint density at radius 2 is 1.69 bits per heavy atom. The van der Waals surface area contributed by atoms with Crippen LogP contribution in [-0.4, -0.2) is 81.0 Å². The Labute approximate surface area is 314 Å². The number of hydrogen-bond donors (Lipinski definition) is 4. The number of carbonyl (C=O) groups excluding carboxylic acids is 6. The molecule has 1 fully saturated rings. The Morgan fingerprint density at radius 1 is 0.945 bits per heavy atom. The van der Waals surface area contributed by atoms with Crippen molar-refractivity contribution >= 4 is 46.7 Å². The number of nitrogens with one attached hydrogen (secondary N) is 4. The molecule has 16 heteroatoms. The fourth-order valence-electron chi connectivity index (χ4n) is 7.04. The molecule has 2 unspecified atom stereocenters. The third kappa shape index (κ3) is 7.56. The maximum atomic E-state index is 13.3. The minimum Gasteiger partial charge on any atom is -0.483 e. The van der Waals surface area contributed by atoms with Gasteiger partial charge in [-0.05, 0) is 44.7 Å². The van der Waals surface area contributed by atoms with E-state index < -0.39 is 47.7 Å². The number of hydrogen-bond acceptors (Lipinski definition) is 12. The van der Waals surface area contributed by atoms with E-state index in [1.807, 2.05) is 42.5 Å². The van der Waals surface area contributed by atoms with E-state index in [9.17, 15) is 28.8 Å². The van der Waals surface area contributed by atoms with Crippen LogP contribution in [0.4, 0.5) is 5.82 Å². The number of aromatic nitrogens is 4. The summed E-state index contributed by atoms with van der Waals surface area (Å²) in [6.07, 6.45) is 6.39. The molecule has 0 bridgehead atoms. The maximum Gasteiger partial charge on any atom is 0.257 e. The van der Waals surface area contributed by atoms with E-state index in [1.54, 1.807) is 24.7 Å². The van der Waals surface area contributed by atoms with Crippen LogP contribution < -0.4 is 26.0 Å². The highest BCUT2D eigenvalue weighted by Gasteiger charge is 2.48. The number of nitrogens with zero attached hydrogens (tertiary/aromatic N) is 4. The van der Waals surface area contributed by atoms with Gasteiger partial charge >= 0.3 is 0 Å². The Bertz CT molecular complexity index is 2310. The first-order valence-electron chi connectivity index (χ1n) is 17.9. The number of fused-ring (bicyclic) bond motifs is 2. The first kappa shape index (κ1) is 36.6. The van der Waals surface area contributed by atoms with Crippen molar-refractivity contribution in [1.29, 1.82) is 0 Å². The van der Waals surface area contributed by atoms with Crippen molar-refractivity contribution in [3.63, 3.8) is 0 Å². The van der Waals surface area contributed by atoms with E-state index in [4.69, 9.17) is 14.2 Å². The lowest BCUT2D eigenvalue weighted by Gasteiger charge is -2.24. The van der Waals surface area contributed by atoms with Crippen LogP contribution in [-0.2, 0) is 19.2 Å². The van der Waals surface area contributed by atoms with Gasteiger partial charge < -0.3 is 25.2 Å². The summed E-state index contributed by atoms with van der Waals surface area (Å²) in [7, 11) is 0. The second-order valence-corrected chi connectivity index (χ2v) is 13.4. The van der Waals surface area contributed by atoms with Crippen LogP contribution in [0.25, 0.3) is 28.0 Å². The van der Waals surface area contributed by atoms with E-state index >= 15 is 0 Å². The van der Waals surface area contributed by atoms with Crippen molar-refractivity contribution < 1.29 is 38.0 Å². The Kier molecular flexibility index (Phi) is 10.5. The highest BCUT2D eigenvalue weighted by atomic mass is 16.5. The zero-order valence-electron chi connectivity index (χ0n) is 30.1. The number of imide groups is 1. The van der Waals surface area contributed by atoms with Gasteiger partial charge in [0.15, 0.2) is 23.8 Å². The van der Waals surface area contributed by atoms with Gasteiger partial charge in [-0.3, -0.25) is 43.5 Å². The number of benzene rings is 2. The summed E-state index contributed by atoms with van der Waals surface area (Å²) in [5.74, 6) is -3.49. The second kappa shape index (κ2) is 15.7. The Hall–Kier alpha value is -6.71. The smallest absolute Gasteiger partial charge is 0.257 e. The van der Waals surface area contributed by atoms with E-state index in [0.29, 0.717) is 43.1 Å². The first-order chi connectivity index (χ1) is 26.6. The van der Waals surface area contributed by atoms with Gasteiger partial charge in [0.05, 0.1) is 35.8 Å². The van der Waals surface area contributed by atoms with Crippen molar-refractivity contribution in [2.75, 3.05) is 31.6 Å². The van der Waals surface area contributed by atoms with Crippen LogP contribution in [0.2, 0.25) is 0 Å². The molecule has 2 aliphatic rings. The van der Waals surface area contributed by atoms with Gasteiger partial charge in [0.25, 0.3) is 5.91 Å². The minimum absolute atomic E-state index is 0.0000841. The van der Waals surface area contributed by atoms with Gasteiger partial charge in [-0.25, -0.2) is 4.98 Å². The number of rotatable bonds is 14. The molecule has 7 rings (SSSR count). The topological polar surface area (TPSA) is 216 Å². The molecule has 2 aromatic carbocycles. The van der Waals surface area contributed by atoms with Crippen LogP contribution >= 0.6 is 0 Å². The highest BCUT2D eigenvalue weighted by Crippen LogP contribution is 2.39. The number of Topliss-reactive ketones (excluding diaryl/α,β-unsaturated/α-hetero) is 2. The first-order valence-corrected chi connectivity index (χ1v) is 17.9. The molecule has 55 heavy (non-hydrogen) atoms. The van der Waals surface area contributed by atoms with Gasteiger partial charge in [0.2, 0.25) is 17.7 Å². The Balaban J connectivity index is 0.855. The third-order valence-electron chi connectivity index (χ3n) is 9.72. The Morgan fingerprint density at radius 3 is 2.42 bits per heavy atom. The molecular weight excluding hydrogens is 708 g/mol. The second-order valence-electron chi connectivity index (χ2n) is 13.4. The molecule has 16 nitrogen and oxygen atoms in total. The van der Waals surface area contributed by atoms with Crippen LogP contribution in [0.5, 0.6) is 5.75 Å². The predicted molar refractivity (Wildman–Crippen MR) is 197 cm³/mol. The molecule has 1 saturated heterocycles. The number of aryl methyl sites for hydroxylation is 2. The zero-order chi connectivity index (χ0) is 38.6. The fraction of sp³-hybridized carbons (Fsp3) is 0.308. The van der Waals surface area contributed by atoms with Gasteiger partial charge in [0.1, 0.15) is 23.0 Å². The molecule has 0 radical (unpaired) electrons. The largest absolute Gasteiger partial charge is 0.483 e. The lowest BCUT2D eigenvalue weighted by Crippen LogP contribution is -2.46. The molecule has 0 spiro atoms. The zero-order valence-corrected chi connectivity index (χ0v) is 30.1. The summed E-state index contributed by atoms with van der Waals surface area (Å²) in [4.78, 5) is 84.6. The van der Waals surface area contributed by atoms with Crippen LogP contribution in [0.3, 0.4) is 0 Å². The summed E-state index contributed by atoms with van der Waals surface area (Å²) in [5, 5.41) is 15.1. The van der Waals surface area contributed by atoms with Crippen LogP contribution in [0.1, 0.15) is 57.9 Å². The van der Waals surface area contributed by atoms with Gasteiger partial charge in [-0.1, -0.05) is 41.6 Å². The minimum atomic E-state index is -1.23. The average molecular weight is 747 g/mol. The normalized spacial score (nSPS) is 16.5. The van der Waals surface area contributed by atoms with E-state index in [2.05, 4.69) is 31.4 Å². The SMILES string of the molecule is Cc1noc(C)c1-c1ccc(-c2nc3cnccn3c2NCC(=O)NCCCCNC(=O)COc2cccc3c2C(=O)C(C2CCC(=O)NC2=O)C3=O)cc1. The van der Waals surface area contributed by atoms with E-state index in [1.165, 1.54) is 12.1 Å². The number of anilines is 1. The van der Waals surface area contributed by atoms with Crippen molar-refractivity contribution in [1.82, 2.24) is 35.5 Å². The molecule has 0 saturated carbocycles. The van der Waals surface area contributed by atoms with Crippen LogP contribution in [0, 0.1) is 25.7 Å². The number of amides is 4. The molecule has 5 aromatic rings. The summed E-state index contributed by atoms with van der Waals surface area (Å²) < 4.78 is 12.8. The molecule has 4 N–H and O–H groups in total. The van der Waals surface area contributed by atoms with Crippen molar-refractivity contribution in [3.05, 3.63) is 83.6 Å². The number of ether oxygens (including phenoxy) is 1. The van der Waals surface area contributed by atoms with Gasteiger partial charge in [-0.2, -0.15) is 0 Å². The molecule has 1 aliphatic heterocycles. The summed E-state index contributed by atoms with van der Waals surface area (Å²) in [5.41, 5.74) is 5.04. The molecule has 2 atom stereocenters. The maximum absolute atomic E-state index is 13.3. The van der Waals surface area contributed by atoms with Crippen LogP contribution in [0.15, 0.2) is 65.6 Å². The number of imidazole rings is 1. The van der Waals surface area contributed by atoms with Gasteiger partial charge in [0, 0.05) is 48.6 Å². The molecule has 282 valence electrons. The standard InChI is InChI=1S/C39H38N8O8/c1-21-32(22(2)55-46-21)23-8-10-24(11-9-23)35-38(47-17-16-40-18-28(47)44-35)43-19-30(49)41-14-3-4-15-42-31(50)20-54-27-7-5-6-25-33(27)37(52)34(36(25)51)26-12-13-29(48)45-39(26)53/h5-11,16-18,26,34,43H,3-4,12-15,19-20H2,1-2H3,(H,41,49)(H,42,50)(H,45,48,53). The monoisotopic (exact) mass is 746 g/mol. The molecule has 4 amide bonds. The van der Waals surface area contributed by atoms with E-state index in [-0.39, 0.29) is 42.2 Å². The van der Waals surface area contributed by atoms with Crippen molar-refractivity contribution in [2.24, 2.45) is 11.8 Å². The molecule has 1 aliphatic carbocycles. The summed E-state index contributed by atoms with van der Waals surface area (Å²) >= 11 is 0. The lowest BCUT2D eigenvalue weighted by molar-refractivity contribution is -0.137. The highest BCUT2D eigenvalue weighted by molar-refractivity contribution is 6.29. The molecular formula is C39H38N8O8. The summed E-state index contributed by atoms with van der Waals surface area (Å²) in [6, 6.07) is 12.4. The van der Waals surface area contributed by atoms with E-state index in [0.717, 1.165) is 28.1 Å².